The minimum absolute atomic E-state index is 0.148. The number of nitrogens with one attached hydrogen (secondary N) is 1. The fraction of sp³-hybridized carbons (Fsp3) is 0.222. The van der Waals surface area contributed by atoms with Crippen LogP contribution in [0.3, 0.4) is 0 Å². The first-order valence-electron chi connectivity index (χ1n) is 11.1. The van der Waals surface area contributed by atoms with Gasteiger partial charge in [-0.15, -0.1) is 0 Å². The average molecular weight is 458 g/mol. The van der Waals surface area contributed by atoms with E-state index in [1.165, 1.54) is 23.8 Å². The van der Waals surface area contributed by atoms with Crippen molar-refractivity contribution in [1.29, 1.82) is 0 Å². The van der Waals surface area contributed by atoms with Gasteiger partial charge in [-0.1, -0.05) is 36.4 Å². The number of amides is 1. The van der Waals surface area contributed by atoms with E-state index in [2.05, 4.69) is 44.4 Å². The topological polar surface area (TPSA) is 80.2 Å². The van der Waals surface area contributed by atoms with Gasteiger partial charge in [-0.3, -0.25) is 9.69 Å². The van der Waals surface area contributed by atoms with E-state index in [-0.39, 0.29) is 12.5 Å². The minimum Gasteiger partial charge on any atom is -0.482 e. The summed E-state index contributed by atoms with van der Waals surface area (Å²) in [6.07, 6.45) is 2.61. The first-order valence-corrected chi connectivity index (χ1v) is 11.1. The van der Waals surface area contributed by atoms with Crippen LogP contribution < -0.4 is 10.2 Å². The SMILES string of the molecule is COC(=O)COc1ccc(C=NNC(=O)c2ccc(CN3CCc4ccccc4C3)cc2)cc1. The summed E-state index contributed by atoms with van der Waals surface area (Å²) in [4.78, 5) is 25.9. The van der Waals surface area contributed by atoms with E-state index in [1.54, 1.807) is 30.5 Å². The molecule has 0 atom stereocenters. The monoisotopic (exact) mass is 457 g/mol. The Hall–Kier alpha value is -3.97. The third kappa shape index (κ3) is 6.30. The lowest BCUT2D eigenvalue weighted by atomic mass is 9.99. The van der Waals surface area contributed by atoms with Crippen molar-refractivity contribution in [2.45, 2.75) is 19.5 Å². The molecule has 34 heavy (non-hydrogen) atoms. The van der Waals surface area contributed by atoms with Crippen molar-refractivity contribution in [3.05, 3.63) is 101 Å². The van der Waals surface area contributed by atoms with Gasteiger partial charge in [0.15, 0.2) is 6.61 Å². The summed E-state index contributed by atoms with van der Waals surface area (Å²) in [6, 6.07) is 23.2. The fourth-order valence-electron chi connectivity index (χ4n) is 3.79. The molecule has 7 nitrogen and oxygen atoms in total. The van der Waals surface area contributed by atoms with E-state index < -0.39 is 5.97 Å². The molecule has 1 amide bonds. The van der Waals surface area contributed by atoms with Gasteiger partial charge in [-0.2, -0.15) is 5.10 Å². The number of benzene rings is 3. The lowest BCUT2D eigenvalue weighted by Crippen LogP contribution is -2.30. The Morgan fingerprint density at radius 2 is 1.74 bits per heavy atom. The Morgan fingerprint density at radius 1 is 1.00 bits per heavy atom. The highest BCUT2D eigenvalue weighted by Crippen LogP contribution is 2.20. The second-order valence-electron chi connectivity index (χ2n) is 8.06. The first kappa shape index (κ1) is 23.2. The molecule has 0 saturated carbocycles. The molecule has 0 fully saturated rings. The molecule has 0 bridgehead atoms. The summed E-state index contributed by atoms with van der Waals surface area (Å²) >= 11 is 0. The summed E-state index contributed by atoms with van der Waals surface area (Å²) < 4.78 is 9.83. The van der Waals surface area contributed by atoms with Crippen LogP contribution in [-0.4, -0.2) is 43.3 Å². The number of carbonyl (C=O) groups excluding carboxylic acids is 2. The molecular formula is C27H27N3O4. The number of methoxy groups -OCH3 is 1. The van der Waals surface area contributed by atoms with E-state index in [4.69, 9.17) is 4.74 Å². The van der Waals surface area contributed by atoms with Crippen LogP contribution in [0.4, 0.5) is 0 Å². The van der Waals surface area contributed by atoms with Gasteiger partial charge in [0.25, 0.3) is 5.91 Å². The number of carbonyl (C=O) groups is 2. The third-order valence-electron chi connectivity index (χ3n) is 5.68. The van der Waals surface area contributed by atoms with Crippen molar-refractivity contribution in [3.8, 4) is 5.75 Å². The number of rotatable bonds is 8. The maximum absolute atomic E-state index is 12.4. The van der Waals surface area contributed by atoms with Crippen LogP contribution in [0.1, 0.15) is 32.6 Å². The Morgan fingerprint density at radius 3 is 2.47 bits per heavy atom. The maximum Gasteiger partial charge on any atom is 0.343 e. The Labute approximate surface area is 199 Å². The number of hydrazone groups is 1. The molecule has 4 rings (SSSR count). The van der Waals surface area contributed by atoms with Crippen molar-refractivity contribution in [1.82, 2.24) is 10.3 Å². The highest BCUT2D eigenvalue weighted by Gasteiger charge is 2.16. The summed E-state index contributed by atoms with van der Waals surface area (Å²) in [5, 5.41) is 4.02. The van der Waals surface area contributed by atoms with E-state index >= 15 is 0 Å². The fourth-order valence-corrected chi connectivity index (χ4v) is 3.79. The zero-order valence-corrected chi connectivity index (χ0v) is 19.1. The standard InChI is InChI=1S/C27H27N3O4/c1-33-26(31)19-34-25-12-8-20(9-13-25)16-28-29-27(32)23-10-6-21(7-11-23)17-30-15-14-22-4-2-3-5-24(22)18-30/h2-13,16H,14-15,17-19H2,1H3,(H,29,32). The average Bonchev–Trinajstić information content (AvgIpc) is 2.88. The van der Waals surface area contributed by atoms with Gasteiger partial charge >= 0.3 is 5.97 Å². The number of hydrogen-bond acceptors (Lipinski definition) is 6. The highest BCUT2D eigenvalue weighted by molar-refractivity contribution is 5.94. The van der Waals surface area contributed by atoms with Crippen LogP contribution in [0.15, 0.2) is 77.9 Å². The zero-order chi connectivity index (χ0) is 23.8. The van der Waals surface area contributed by atoms with Gasteiger partial charge in [0.1, 0.15) is 5.75 Å². The van der Waals surface area contributed by atoms with Crippen LogP contribution in [0.2, 0.25) is 0 Å². The second kappa shape index (κ2) is 11.2. The van der Waals surface area contributed by atoms with Crippen molar-refractivity contribution < 1.29 is 19.1 Å². The molecule has 1 aliphatic rings. The van der Waals surface area contributed by atoms with E-state index in [1.807, 2.05) is 24.3 Å². The summed E-state index contributed by atoms with van der Waals surface area (Å²) in [6.45, 7) is 2.69. The lowest BCUT2D eigenvalue weighted by Gasteiger charge is -2.28. The molecule has 1 heterocycles. The molecule has 1 N–H and O–H groups in total. The van der Waals surface area contributed by atoms with E-state index in [0.717, 1.165) is 31.6 Å². The number of ether oxygens (including phenoxy) is 2. The van der Waals surface area contributed by atoms with Crippen LogP contribution in [0.25, 0.3) is 0 Å². The van der Waals surface area contributed by atoms with E-state index in [9.17, 15) is 9.59 Å². The molecule has 174 valence electrons. The molecule has 0 aromatic heterocycles. The Bertz CT molecular complexity index is 1160. The van der Waals surface area contributed by atoms with Crippen molar-refractivity contribution >= 4 is 18.1 Å². The normalized spacial score (nSPS) is 13.3. The van der Waals surface area contributed by atoms with Gasteiger partial charge in [0, 0.05) is 25.2 Å². The van der Waals surface area contributed by atoms with E-state index in [0.29, 0.717) is 11.3 Å². The van der Waals surface area contributed by atoms with Gasteiger partial charge in [0.05, 0.1) is 13.3 Å². The Balaban J connectivity index is 1.25. The molecular weight excluding hydrogens is 430 g/mol. The van der Waals surface area contributed by atoms with Crippen LogP contribution in [0.5, 0.6) is 5.75 Å². The summed E-state index contributed by atoms with van der Waals surface area (Å²) in [7, 11) is 1.31. The third-order valence-corrected chi connectivity index (χ3v) is 5.68. The zero-order valence-electron chi connectivity index (χ0n) is 19.1. The molecule has 7 heteroatoms. The number of nitrogens with zero attached hydrogens (tertiary/aromatic N) is 2. The molecule has 0 aliphatic carbocycles. The largest absolute Gasteiger partial charge is 0.482 e. The quantitative estimate of drug-likeness (QED) is 0.318. The Kier molecular flexibility index (Phi) is 7.67. The second-order valence-corrected chi connectivity index (χ2v) is 8.06. The van der Waals surface area contributed by atoms with Crippen molar-refractivity contribution in [2.24, 2.45) is 5.10 Å². The molecule has 0 radical (unpaired) electrons. The van der Waals surface area contributed by atoms with Crippen molar-refractivity contribution in [2.75, 3.05) is 20.3 Å². The lowest BCUT2D eigenvalue weighted by molar-refractivity contribution is -0.142. The number of esters is 1. The highest BCUT2D eigenvalue weighted by atomic mass is 16.6. The predicted molar refractivity (Wildman–Crippen MR) is 130 cm³/mol. The first-order chi connectivity index (χ1) is 16.6. The summed E-state index contributed by atoms with van der Waals surface area (Å²) in [5.74, 6) is -0.174. The molecule has 0 saturated heterocycles. The molecule has 3 aromatic rings. The maximum atomic E-state index is 12.4. The molecule has 1 aliphatic heterocycles. The number of fused-ring (bicyclic) bond motifs is 1. The van der Waals surface area contributed by atoms with Crippen LogP contribution >= 0.6 is 0 Å². The smallest absolute Gasteiger partial charge is 0.343 e. The summed E-state index contributed by atoms with van der Waals surface area (Å²) in [5.41, 5.74) is 7.89. The predicted octanol–water partition coefficient (Wildman–Crippen LogP) is 3.56. The molecule has 0 unspecified atom stereocenters. The minimum atomic E-state index is -0.446. The molecule has 3 aromatic carbocycles. The number of hydrogen-bond donors (Lipinski definition) is 1. The molecule has 0 spiro atoms. The van der Waals surface area contributed by atoms with Crippen molar-refractivity contribution in [3.63, 3.8) is 0 Å². The van der Waals surface area contributed by atoms with Gasteiger partial charge in [0.2, 0.25) is 0 Å². The van der Waals surface area contributed by atoms with Crippen LogP contribution in [-0.2, 0) is 29.0 Å². The van der Waals surface area contributed by atoms with Gasteiger partial charge < -0.3 is 9.47 Å². The van der Waals surface area contributed by atoms with Crippen LogP contribution in [0, 0.1) is 0 Å². The van der Waals surface area contributed by atoms with Gasteiger partial charge in [-0.25, -0.2) is 10.2 Å². The van der Waals surface area contributed by atoms with Gasteiger partial charge in [-0.05, 0) is 65.1 Å².